The number of anilines is 1. The van der Waals surface area contributed by atoms with Crippen molar-refractivity contribution >= 4 is 16.5 Å². The van der Waals surface area contributed by atoms with Crippen molar-refractivity contribution in [3.63, 3.8) is 0 Å². The molecule has 0 unspecified atom stereocenters. The Morgan fingerprint density at radius 3 is 2.64 bits per heavy atom. The van der Waals surface area contributed by atoms with Gasteiger partial charge in [0.2, 0.25) is 0 Å². The summed E-state index contributed by atoms with van der Waals surface area (Å²) in [6, 6.07) is 8.98. The first-order valence-corrected chi connectivity index (χ1v) is 4.28. The third-order valence-electron chi connectivity index (χ3n) is 2.24. The van der Waals surface area contributed by atoms with Gasteiger partial charge in [-0.3, -0.25) is 0 Å². The molecule has 0 aliphatic rings. The Balaban J connectivity index is 2.86. The van der Waals surface area contributed by atoms with E-state index >= 15 is 0 Å². The van der Waals surface area contributed by atoms with Crippen molar-refractivity contribution in [1.82, 2.24) is 0 Å². The molecule has 0 saturated heterocycles. The van der Waals surface area contributed by atoms with Crippen molar-refractivity contribution in [3.05, 3.63) is 30.3 Å². The number of phenols is 1. The number of hydrogen-bond acceptors (Lipinski definition) is 3. The van der Waals surface area contributed by atoms with Crippen molar-refractivity contribution in [2.75, 3.05) is 12.8 Å². The first-order valence-electron chi connectivity index (χ1n) is 4.28. The Hall–Kier alpha value is -1.90. The van der Waals surface area contributed by atoms with E-state index in [1.165, 1.54) is 0 Å². The van der Waals surface area contributed by atoms with E-state index in [0.29, 0.717) is 11.1 Å². The van der Waals surface area contributed by atoms with Gasteiger partial charge in [0.05, 0.1) is 12.8 Å². The number of nitrogens with two attached hydrogens (primary N) is 1. The van der Waals surface area contributed by atoms with Crippen molar-refractivity contribution in [3.8, 4) is 11.5 Å². The second-order valence-corrected chi connectivity index (χ2v) is 3.06. The minimum atomic E-state index is 0.112. The second kappa shape index (κ2) is 3.10. The van der Waals surface area contributed by atoms with Gasteiger partial charge >= 0.3 is 0 Å². The molecule has 3 nitrogen and oxygen atoms in total. The number of phenolic OH excluding ortho intramolecular Hbond substituents is 1. The van der Waals surface area contributed by atoms with E-state index in [0.717, 1.165) is 11.1 Å². The summed E-state index contributed by atoms with van der Waals surface area (Å²) in [5.41, 5.74) is 5.97. The van der Waals surface area contributed by atoms with Gasteiger partial charge in [-0.25, -0.2) is 0 Å². The van der Waals surface area contributed by atoms with Gasteiger partial charge < -0.3 is 15.6 Å². The van der Waals surface area contributed by atoms with Crippen LogP contribution in [0.15, 0.2) is 30.3 Å². The molecule has 0 aliphatic heterocycles. The van der Waals surface area contributed by atoms with E-state index in [1.807, 2.05) is 24.3 Å². The molecule has 0 atom stereocenters. The molecule has 72 valence electrons. The maximum absolute atomic E-state index is 9.70. The molecular weight excluding hydrogens is 178 g/mol. The van der Waals surface area contributed by atoms with Crippen LogP contribution in [0, 0.1) is 0 Å². The highest BCUT2D eigenvalue weighted by atomic mass is 16.5. The lowest BCUT2D eigenvalue weighted by Gasteiger charge is -2.07. The van der Waals surface area contributed by atoms with E-state index in [2.05, 4.69) is 0 Å². The second-order valence-electron chi connectivity index (χ2n) is 3.06. The first kappa shape index (κ1) is 8.69. The SMILES string of the molecule is COc1cccc2c(O)c(N)ccc12. The third kappa shape index (κ3) is 1.14. The largest absolute Gasteiger partial charge is 0.505 e. The van der Waals surface area contributed by atoms with E-state index in [4.69, 9.17) is 10.5 Å². The number of methoxy groups -OCH3 is 1. The van der Waals surface area contributed by atoms with Gasteiger partial charge in [0.25, 0.3) is 0 Å². The molecule has 0 radical (unpaired) electrons. The minimum Gasteiger partial charge on any atom is -0.505 e. The van der Waals surface area contributed by atoms with Crippen LogP contribution >= 0.6 is 0 Å². The summed E-state index contributed by atoms with van der Waals surface area (Å²) in [6.45, 7) is 0. The highest BCUT2D eigenvalue weighted by Crippen LogP contribution is 2.34. The zero-order chi connectivity index (χ0) is 10.1. The maximum atomic E-state index is 9.70. The van der Waals surface area contributed by atoms with Crippen LogP contribution in [0.1, 0.15) is 0 Å². The fourth-order valence-electron chi connectivity index (χ4n) is 1.51. The zero-order valence-electron chi connectivity index (χ0n) is 7.82. The molecule has 0 heterocycles. The predicted molar refractivity (Wildman–Crippen MR) is 56.6 cm³/mol. The Kier molecular flexibility index (Phi) is 1.93. The van der Waals surface area contributed by atoms with E-state index < -0.39 is 0 Å². The molecule has 3 N–H and O–H groups in total. The van der Waals surface area contributed by atoms with Crippen LogP contribution < -0.4 is 10.5 Å². The zero-order valence-corrected chi connectivity index (χ0v) is 7.82. The normalized spacial score (nSPS) is 10.4. The van der Waals surface area contributed by atoms with Gasteiger partial charge in [0.1, 0.15) is 11.5 Å². The molecule has 2 aromatic carbocycles. The number of aromatic hydroxyl groups is 1. The highest BCUT2D eigenvalue weighted by Gasteiger charge is 2.06. The van der Waals surface area contributed by atoms with Crippen LogP contribution in [0.3, 0.4) is 0 Å². The quantitative estimate of drug-likeness (QED) is 0.533. The summed E-state index contributed by atoms with van der Waals surface area (Å²) < 4.78 is 5.17. The number of nitrogen functional groups attached to an aromatic ring is 1. The molecule has 0 saturated carbocycles. The Labute approximate surface area is 81.7 Å². The van der Waals surface area contributed by atoms with Gasteiger partial charge in [-0.15, -0.1) is 0 Å². The molecule has 3 heteroatoms. The first-order chi connectivity index (χ1) is 6.74. The lowest BCUT2D eigenvalue weighted by Crippen LogP contribution is -1.88. The molecule has 0 spiro atoms. The van der Waals surface area contributed by atoms with Crippen LogP contribution in [-0.2, 0) is 0 Å². The van der Waals surface area contributed by atoms with Gasteiger partial charge in [0.15, 0.2) is 0 Å². The van der Waals surface area contributed by atoms with Crippen LogP contribution in [0.5, 0.6) is 11.5 Å². The van der Waals surface area contributed by atoms with E-state index in [1.54, 1.807) is 13.2 Å². The minimum absolute atomic E-state index is 0.112. The fourth-order valence-corrected chi connectivity index (χ4v) is 1.51. The van der Waals surface area contributed by atoms with Gasteiger partial charge in [-0.2, -0.15) is 0 Å². The summed E-state index contributed by atoms with van der Waals surface area (Å²) in [5, 5.41) is 11.3. The lowest BCUT2D eigenvalue weighted by atomic mass is 10.1. The Morgan fingerprint density at radius 2 is 1.93 bits per heavy atom. The summed E-state index contributed by atoms with van der Waals surface area (Å²) in [4.78, 5) is 0. The van der Waals surface area contributed by atoms with Gasteiger partial charge in [-0.1, -0.05) is 12.1 Å². The molecule has 2 aromatic rings. The number of hydrogen-bond donors (Lipinski definition) is 2. The topological polar surface area (TPSA) is 55.5 Å². The molecular formula is C11H11NO2. The van der Waals surface area contributed by atoms with E-state index in [9.17, 15) is 5.11 Å². The molecule has 0 bridgehead atoms. The van der Waals surface area contributed by atoms with Crippen LogP contribution in [0.25, 0.3) is 10.8 Å². The molecule has 14 heavy (non-hydrogen) atoms. The average Bonchev–Trinajstić information content (AvgIpc) is 2.23. The number of rotatable bonds is 1. The van der Waals surface area contributed by atoms with Crippen LogP contribution in [-0.4, -0.2) is 12.2 Å². The van der Waals surface area contributed by atoms with Crippen molar-refractivity contribution in [1.29, 1.82) is 0 Å². The summed E-state index contributed by atoms with van der Waals surface area (Å²) >= 11 is 0. The summed E-state index contributed by atoms with van der Waals surface area (Å²) in [6.07, 6.45) is 0. The van der Waals surface area contributed by atoms with Crippen LogP contribution in [0.4, 0.5) is 5.69 Å². The fraction of sp³-hybridized carbons (Fsp3) is 0.0909. The van der Waals surface area contributed by atoms with Crippen molar-refractivity contribution < 1.29 is 9.84 Å². The van der Waals surface area contributed by atoms with Gasteiger partial charge in [0, 0.05) is 10.8 Å². The molecule has 0 aromatic heterocycles. The molecule has 0 fully saturated rings. The molecule has 0 amide bonds. The molecule has 2 rings (SSSR count). The smallest absolute Gasteiger partial charge is 0.146 e. The Bertz CT molecular complexity index is 480. The Morgan fingerprint density at radius 1 is 1.14 bits per heavy atom. The molecule has 0 aliphatic carbocycles. The van der Waals surface area contributed by atoms with E-state index in [-0.39, 0.29) is 5.75 Å². The van der Waals surface area contributed by atoms with Crippen molar-refractivity contribution in [2.24, 2.45) is 0 Å². The monoisotopic (exact) mass is 189 g/mol. The summed E-state index contributed by atoms with van der Waals surface area (Å²) in [7, 11) is 1.60. The number of fused-ring (bicyclic) bond motifs is 1. The summed E-state index contributed by atoms with van der Waals surface area (Å²) in [5.74, 6) is 0.846. The average molecular weight is 189 g/mol. The number of ether oxygens (including phenoxy) is 1. The standard InChI is InChI=1S/C11H11NO2/c1-14-10-4-2-3-8-7(10)5-6-9(12)11(8)13/h2-6,13H,12H2,1H3. The predicted octanol–water partition coefficient (Wildman–Crippen LogP) is 2.14. The lowest BCUT2D eigenvalue weighted by molar-refractivity contribution is 0.419. The van der Waals surface area contributed by atoms with Gasteiger partial charge in [-0.05, 0) is 18.2 Å². The third-order valence-corrected chi connectivity index (χ3v) is 2.24. The maximum Gasteiger partial charge on any atom is 0.146 e. The van der Waals surface area contributed by atoms with Crippen LogP contribution in [0.2, 0.25) is 0 Å². The van der Waals surface area contributed by atoms with Crippen molar-refractivity contribution in [2.45, 2.75) is 0 Å². The highest BCUT2D eigenvalue weighted by molar-refractivity contribution is 5.96. The number of benzene rings is 2.